The topological polar surface area (TPSA) is 92.3 Å². The maximum Gasteiger partial charge on any atom is 0.0701 e. The van der Waals surface area contributed by atoms with E-state index in [0.717, 1.165) is 25.3 Å². The van der Waals surface area contributed by atoms with Gasteiger partial charge in [-0.1, -0.05) is 12.8 Å². The molecule has 0 aromatic rings. The first-order chi connectivity index (χ1) is 18.9. The molecule has 0 atom stereocenters. The number of unbranched alkanes of at least 4 members (excludes halogenated alkanes) is 3. The molecule has 0 aliphatic rings. The molecule has 0 N–H and O–H groups in total. The predicted molar refractivity (Wildman–Crippen MR) is 148 cm³/mol. The molecule has 0 heterocycles. The largest absolute Gasteiger partial charge is 0.379 e. The highest BCUT2D eigenvalue weighted by atomic mass is 35.5. The standard InChI is InChI=1S/C26H52Cl2O10/c27-5-3-1-2-4-7-29-9-11-31-13-15-33-17-19-35-21-23-37-25-26-38-24-22-36-20-18-34-16-14-32-12-10-30-8-6-28/h1-26H2. The van der Waals surface area contributed by atoms with Crippen LogP contribution in [0.25, 0.3) is 0 Å². The minimum absolute atomic E-state index is 0.501. The normalized spacial score (nSPS) is 11.5. The minimum atomic E-state index is 0.501. The summed E-state index contributed by atoms with van der Waals surface area (Å²) in [4.78, 5) is 0. The van der Waals surface area contributed by atoms with Crippen molar-refractivity contribution in [1.82, 2.24) is 0 Å². The van der Waals surface area contributed by atoms with E-state index in [2.05, 4.69) is 0 Å². The summed E-state index contributed by atoms with van der Waals surface area (Å²) in [5, 5.41) is 0. The van der Waals surface area contributed by atoms with Crippen molar-refractivity contribution in [2.45, 2.75) is 25.7 Å². The Morgan fingerprint density at radius 3 is 0.711 bits per heavy atom. The smallest absolute Gasteiger partial charge is 0.0701 e. The van der Waals surface area contributed by atoms with Crippen molar-refractivity contribution in [3.05, 3.63) is 0 Å². The molecule has 230 valence electrons. The minimum Gasteiger partial charge on any atom is -0.379 e. The van der Waals surface area contributed by atoms with E-state index in [4.69, 9.17) is 70.6 Å². The summed E-state index contributed by atoms with van der Waals surface area (Å²) < 4.78 is 54.2. The second kappa shape index (κ2) is 37.2. The Morgan fingerprint density at radius 1 is 0.211 bits per heavy atom. The van der Waals surface area contributed by atoms with Crippen molar-refractivity contribution in [2.24, 2.45) is 0 Å². The zero-order valence-electron chi connectivity index (χ0n) is 23.2. The Bertz CT molecular complexity index is 378. The molecule has 10 nitrogen and oxygen atoms in total. The second-order valence-electron chi connectivity index (χ2n) is 7.92. The van der Waals surface area contributed by atoms with Crippen LogP contribution in [0.1, 0.15) is 25.7 Å². The molecule has 0 unspecified atom stereocenters. The Labute approximate surface area is 240 Å². The van der Waals surface area contributed by atoms with Gasteiger partial charge in [0.2, 0.25) is 0 Å². The number of rotatable bonds is 35. The van der Waals surface area contributed by atoms with Gasteiger partial charge in [-0.05, 0) is 12.8 Å². The molecule has 0 fully saturated rings. The van der Waals surface area contributed by atoms with Crippen LogP contribution in [0.4, 0.5) is 0 Å². The van der Waals surface area contributed by atoms with Gasteiger partial charge in [0.05, 0.1) is 126 Å². The first-order valence-corrected chi connectivity index (χ1v) is 14.9. The van der Waals surface area contributed by atoms with Crippen molar-refractivity contribution < 1.29 is 47.4 Å². The number of alkyl halides is 2. The van der Waals surface area contributed by atoms with Crippen molar-refractivity contribution >= 4 is 23.2 Å². The van der Waals surface area contributed by atoms with E-state index in [1.54, 1.807) is 0 Å². The second-order valence-corrected chi connectivity index (χ2v) is 8.67. The highest BCUT2D eigenvalue weighted by Crippen LogP contribution is 2.01. The van der Waals surface area contributed by atoms with Crippen LogP contribution in [0.3, 0.4) is 0 Å². The van der Waals surface area contributed by atoms with E-state index in [1.165, 1.54) is 12.8 Å². The third kappa shape index (κ3) is 36.2. The quantitative estimate of drug-likeness (QED) is 0.0804. The monoisotopic (exact) mass is 594 g/mol. The van der Waals surface area contributed by atoms with Gasteiger partial charge in [0.1, 0.15) is 0 Å². The fourth-order valence-corrected chi connectivity index (χ4v) is 3.09. The highest BCUT2D eigenvalue weighted by Gasteiger charge is 1.96. The molecular formula is C26H52Cl2O10. The van der Waals surface area contributed by atoms with Crippen molar-refractivity contribution in [3.8, 4) is 0 Å². The van der Waals surface area contributed by atoms with E-state index in [0.29, 0.717) is 131 Å². The van der Waals surface area contributed by atoms with Gasteiger partial charge in [-0.2, -0.15) is 0 Å². The lowest BCUT2D eigenvalue weighted by Crippen LogP contribution is -2.15. The lowest BCUT2D eigenvalue weighted by molar-refractivity contribution is -0.0262. The van der Waals surface area contributed by atoms with Crippen LogP contribution in [0.5, 0.6) is 0 Å². The van der Waals surface area contributed by atoms with Gasteiger partial charge in [-0.3, -0.25) is 0 Å². The molecule has 0 radical (unpaired) electrons. The summed E-state index contributed by atoms with van der Waals surface area (Å²) in [5.74, 6) is 1.25. The molecule has 0 saturated heterocycles. The predicted octanol–water partition coefficient (Wildman–Crippen LogP) is 3.19. The Morgan fingerprint density at radius 2 is 0.447 bits per heavy atom. The Kier molecular flexibility index (Phi) is 37.4. The molecule has 0 rings (SSSR count). The van der Waals surface area contributed by atoms with Crippen molar-refractivity contribution in [3.63, 3.8) is 0 Å². The molecular weight excluding hydrogens is 543 g/mol. The number of halogens is 2. The first kappa shape index (κ1) is 38.2. The van der Waals surface area contributed by atoms with Gasteiger partial charge >= 0.3 is 0 Å². The van der Waals surface area contributed by atoms with Crippen molar-refractivity contribution in [2.75, 3.05) is 144 Å². The van der Waals surface area contributed by atoms with Crippen LogP contribution in [0, 0.1) is 0 Å². The van der Waals surface area contributed by atoms with E-state index in [1.807, 2.05) is 0 Å². The average molecular weight is 596 g/mol. The van der Waals surface area contributed by atoms with Crippen LogP contribution >= 0.6 is 23.2 Å². The summed E-state index contributed by atoms with van der Waals surface area (Å²) in [7, 11) is 0. The van der Waals surface area contributed by atoms with Crippen LogP contribution in [0.15, 0.2) is 0 Å². The molecule has 38 heavy (non-hydrogen) atoms. The van der Waals surface area contributed by atoms with E-state index < -0.39 is 0 Å². The SMILES string of the molecule is ClCCCCCCOCCOCCOCCOCCOCCOCCOCCOCCOCCOCCCl. The molecule has 0 aliphatic heterocycles. The zero-order chi connectivity index (χ0) is 27.5. The first-order valence-electron chi connectivity index (χ1n) is 13.8. The molecule has 0 aromatic heterocycles. The maximum absolute atomic E-state index is 5.64. The van der Waals surface area contributed by atoms with Crippen LogP contribution in [-0.2, 0) is 47.4 Å². The third-order valence-electron chi connectivity index (χ3n) is 4.74. The van der Waals surface area contributed by atoms with Crippen LogP contribution in [0.2, 0.25) is 0 Å². The molecule has 0 aliphatic carbocycles. The summed E-state index contributed by atoms with van der Waals surface area (Å²) in [6.45, 7) is 11.1. The fraction of sp³-hybridized carbons (Fsp3) is 1.00. The Hall–Kier alpha value is 0.180. The van der Waals surface area contributed by atoms with Gasteiger partial charge in [0.15, 0.2) is 0 Å². The summed E-state index contributed by atoms with van der Waals surface area (Å²) in [6.07, 6.45) is 4.51. The summed E-state index contributed by atoms with van der Waals surface area (Å²) in [5.41, 5.74) is 0. The number of hydrogen-bond donors (Lipinski definition) is 0. The van der Waals surface area contributed by atoms with E-state index >= 15 is 0 Å². The number of ether oxygens (including phenoxy) is 10. The lowest BCUT2D eigenvalue weighted by atomic mass is 10.2. The highest BCUT2D eigenvalue weighted by molar-refractivity contribution is 6.18. The molecule has 0 spiro atoms. The maximum atomic E-state index is 5.64. The summed E-state index contributed by atoms with van der Waals surface area (Å²) >= 11 is 11.1. The molecule has 0 aromatic carbocycles. The van der Waals surface area contributed by atoms with Gasteiger partial charge in [-0.25, -0.2) is 0 Å². The Balaban J connectivity index is 3.01. The van der Waals surface area contributed by atoms with Crippen LogP contribution < -0.4 is 0 Å². The summed E-state index contributed by atoms with van der Waals surface area (Å²) in [6, 6.07) is 0. The zero-order valence-corrected chi connectivity index (χ0v) is 24.7. The van der Waals surface area contributed by atoms with E-state index in [9.17, 15) is 0 Å². The molecule has 0 saturated carbocycles. The lowest BCUT2D eigenvalue weighted by Gasteiger charge is -2.09. The van der Waals surface area contributed by atoms with E-state index in [-0.39, 0.29) is 0 Å². The fourth-order valence-electron chi connectivity index (χ4n) is 2.79. The van der Waals surface area contributed by atoms with Gasteiger partial charge in [0.25, 0.3) is 0 Å². The molecule has 0 bridgehead atoms. The van der Waals surface area contributed by atoms with Gasteiger partial charge < -0.3 is 47.4 Å². The van der Waals surface area contributed by atoms with Gasteiger partial charge in [0, 0.05) is 18.4 Å². The molecule has 12 heteroatoms. The molecule has 0 amide bonds. The third-order valence-corrected chi connectivity index (χ3v) is 5.16. The average Bonchev–Trinajstić information content (AvgIpc) is 2.93. The van der Waals surface area contributed by atoms with Gasteiger partial charge in [-0.15, -0.1) is 23.2 Å². The van der Waals surface area contributed by atoms with Crippen molar-refractivity contribution in [1.29, 1.82) is 0 Å². The van der Waals surface area contributed by atoms with Crippen LogP contribution in [-0.4, -0.2) is 144 Å². The number of hydrogen-bond acceptors (Lipinski definition) is 10.